The highest BCUT2D eigenvalue weighted by Crippen LogP contribution is 2.30. The number of nitrogens with one attached hydrogen (secondary N) is 1. The van der Waals surface area contributed by atoms with E-state index in [1.54, 1.807) is 16.6 Å². The van der Waals surface area contributed by atoms with Crippen LogP contribution in [-0.2, 0) is 11.2 Å². The predicted molar refractivity (Wildman–Crippen MR) is 135 cm³/mol. The maximum atomic E-state index is 14.3. The first kappa shape index (κ1) is 24.3. The summed E-state index contributed by atoms with van der Waals surface area (Å²) in [4.78, 5) is 21.4. The topological polar surface area (TPSA) is 90.6 Å². The minimum atomic E-state index is -0.364. The summed E-state index contributed by atoms with van der Waals surface area (Å²) in [5.41, 5.74) is 2.74. The van der Waals surface area contributed by atoms with Crippen molar-refractivity contribution in [3.05, 3.63) is 75.8 Å². The molecule has 5 rings (SSSR count). The van der Waals surface area contributed by atoms with Crippen molar-refractivity contribution in [3.63, 3.8) is 0 Å². The molecule has 11 heteroatoms. The number of aryl methyl sites for hydroxylation is 2. The highest BCUT2D eigenvalue weighted by atomic mass is 35.5. The second-order valence-electron chi connectivity index (χ2n) is 8.33. The lowest BCUT2D eigenvalue weighted by molar-refractivity contribution is -0.119. The van der Waals surface area contributed by atoms with Crippen LogP contribution in [0.25, 0.3) is 5.78 Å². The smallest absolute Gasteiger partial charge is 0.253 e. The van der Waals surface area contributed by atoms with Crippen LogP contribution in [0.2, 0.25) is 5.02 Å². The minimum absolute atomic E-state index is 0.136. The standard InChI is InChI=1S/C25H23ClFN5O3S/c1-14-17(10-18-19(26)6-5-7-20(18)27)15(2)32-24(29-14)30-25(31-32)36-13-23(33)28-11-16-12-34-21-8-3-4-9-22(21)35-16/h3-9,16H,10-13H2,1-2H3,(H,28,33). The van der Waals surface area contributed by atoms with E-state index in [2.05, 4.69) is 20.4 Å². The number of rotatable bonds is 7. The van der Waals surface area contributed by atoms with Gasteiger partial charge in [0.05, 0.1) is 12.3 Å². The van der Waals surface area contributed by atoms with Gasteiger partial charge in [-0.2, -0.15) is 4.98 Å². The van der Waals surface area contributed by atoms with E-state index in [4.69, 9.17) is 21.1 Å². The number of ether oxygens (including phenoxy) is 2. The number of benzene rings is 2. The third-order valence-electron chi connectivity index (χ3n) is 5.87. The molecule has 0 aliphatic carbocycles. The van der Waals surface area contributed by atoms with E-state index in [0.29, 0.717) is 46.2 Å². The Morgan fingerprint density at radius 3 is 2.78 bits per heavy atom. The van der Waals surface area contributed by atoms with Gasteiger partial charge in [-0.3, -0.25) is 4.79 Å². The summed E-state index contributed by atoms with van der Waals surface area (Å²) in [5, 5.41) is 8.15. The zero-order valence-electron chi connectivity index (χ0n) is 19.6. The van der Waals surface area contributed by atoms with Crippen molar-refractivity contribution < 1.29 is 18.7 Å². The van der Waals surface area contributed by atoms with Gasteiger partial charge in [-0.05, 0) is 43.7 Å². The first-order chi connectivity index (χ1) is 17.4. The molecule has 186 valence electrons. The zero-order valence-corrected chi connectivity index (χ0v) is 21.2. The Balaban J connectivity index is 1.22. The van der Waals surface area contributed by atoms with Crippen LogP contribution in [0.5, 0.6) is 11.5 Å². The molecule has 0 radical (unpaired) electrons. The Labute approximate surface area is 216 Å². The summed E-state index contributed by atoms with van der Waals surface area (Å²) in [6, 6.07) is 12.1. The van der Waals surface area contributed by atoms with Crippen LogP contribution in [0.4, 0.5) is 4.39 Å². The van der Waals surface area contributed by atoms with Crippen LogP contribution in [-0.4, -0.2) is 50.5 Å². The van der Waals surface area contributed by atoms with Crippen molar-refractivity contribution in [1.82, 2.24) is 24.9 Å². The first-order valence-corrected chi connectivity index (χ1v) is 12.7. The molecule has 3 heterocycles. The fourth-order valence-corrected chi connectivity index (χ4v) is 4.84. The number of hydrogen-bond donors (Lipinski definition) is 1. The van der Waals surface area contributed by atoms with E-state index < -0.39 is 0 Å². The second-order valence-corrected chi connectivity index (χ2v) is 9.68. The molecule has 2 aromatic carbocycles. The molecule has 4 aromatic rings. The summed E-state index contributed by atoms with van der Waals surface area (Å²) < 4.78 is 27.5. The van der Waals surface area contributed by atoms with Crippen molar-refractivity contribution in [2.75, 3.05) is 18.9 Å². The number of para-hydroxylation sites is 2. The Morgan fingerprint density at radius 1 is 1.17 bits per heavy atom. The summed E-state index contributed by atoms with van der Waals surface area (Å²) in [6.45, 7) is 4.42. The number of carbonyl (C=O) groups is 1. The summed E-state index contributed by atoms with van der Waals surface area (Å²) in [5.74, 6) is 1.39. The normalized spacial score (nSPS) is 14.7. The van der Waals surface area contributed by atoms with Crippen LogP contribution in [0.1, 0.15) is 22.5 Å². The maximum absolute atomic E-state index is 14.3. The Morgan fingerprint density at radius 2 is 1.97 bits per heavy atom. The van der Waals surface area contributed by atoms with Crippen LogP contribution >= 0.6 is 23.4 Å². The predicted octanol–water partition coefficient (Wildman–Crippen LogP) is 4.17. The average Bonchev–Trinajstić information content (AvgIpc) is 3.28. The van der Waals surface area contributed by atoms with Gasteiger partial charge in [0.1, 0.15) is 18.5 Å². The van der Waals surface area contributed by atoms with Gasteiger partial charge in [0.25, 0.3) is 5.78 Å². The molecule has 36 heavy (non-hydrogen) atoms. The molecule has 1 N–H and O–H groups in total. The van der Waals surface area contributed by atoms with Crippen LogP contribution in [0.3, 0.4) is 0 Å². The number of halogens is 2. The molecule has 1 unspecified atom stereocenters. The van der Waals surface area contributed by atoms with Gasteiger partial charge in [-0.15, -0.1) is 5.10 Å². The second kappa shape index (κ2) is 10.3. The lowest BCUT2D eigenvalue weighted by Gasteiger charge is -2.26. The number of nitrogens with zero attached hydrogens (tertiary/aromatic N) is 4. The SMILES string of the molecule is Cc1nc2nc(SCC(=O)NCC3COc4ccccc4O3)nn2c(C)c1Cc1c(F)cccc1Cl. The zero-order chi connectivity index (χ0) is 25.2. The van der Waals surface area contributed by atoms with E-state index in [9.17, 15) is 9.18 Å². The van der Waals surface area contributed by atoms with E-state index in [1.165, 1.54) is 17.8 Å². The molecule has 1 atom stereocenters. The van der Waals surface area contributed by atoms with Gasteiger partial charge in [0.2, 0.25) is 11.1 Å². The maximum Gasteiger partial charge on any atom is 0.253 e. The molecular formula is C25H23ClFN5O3S. The van der Waals surface area contributed by atoms with Gasteiger partial charge >= 0.3 is 0 Å². The van der Waals surface area contributed by atoms with Crippen LogP contribution < -0.4 is 14.8 Å². The molecule has 2 aromatic heterocycles. The summed E-state index contributed by atoms with van der Waals surface area (Å²) >= 11 is 7.43. The lowest BCUT2D eigenvalue weighted by Crippen LogP contribution is -2.41. The van der Waals surface area contributed by atoms with Crippen molar-refractivity contribution in [2.45, 2.75) is 31.5 Å². The largest absolute Gasteiger partial charge is 0.486 e. The van der Waals surface area contributed by atoms with Crippen molar-refractivity contribution in [2.24, 2.45) is 0 Å². The van der Waals surface area contributed by atoms with E-state index in [0.717, 1.165) is 17.0 Å². The monoisotopic (exact) mass is 527 g/mol. The van der Waals surface area contributed by atoms with Gasteiger partial charge in [0.15, 0.2) is 11.5 Å². The highest BCUT2D eigenvalue weighted by Gasteiger charge is 2.22. The number of fused-ring (bicyclic) bond motifs is 2. The lowest BCUT2D eigenvalue weighted by atomic mass is 10.0. The van der Waals surface area contributed by atoms with Gasteiger partial charge in [-0.25, -0.2) is 13.9 Å². The highest BCUT2D eigenvalue weighted by molar-refractivity contribution is 7.99. The van der Waals surface area contributed by atoms with Gasteiger partial charge in [0, 0.05) is 28.4 Å². The third kappa shape index (κ3) is 5.10. The van der Waals surface area contributed by atoms with E-state index >= 15 is 0 Å². The first-order valence-electron chi connectivity index (χ1n) is 11.3. The third-order valence-corrected chi connectivity index (χ3v) is 7.06. The van der Waals surface area contributed by atoms with E-state index in [-0.39, 0.29) is 30.0 Å². The quantitative estimate of drug-likeness (QED) is 0.361. The summed E-state index contributed by atoms with van der Waals surface area (Å²) in [7, 11) is 0. The number of thioether (sulfide) groups is 1. The Bertz CT molecular complexity index is 1430. The molecule has 1 amide bonds. The van der Waals surface area contributed by atoms with Crippen LogP contribution in [0.15, 0.2) is 47.6 Å². The van der Waals surface area contributed by atoms with Crippen LogP contribution in [0, 0.1) is 19.7 Å². The Hall–Kier alpha value is -3.37. The number of carbonyl (C=O) groups excluding carboxylic acids is 1. The molecule has 0 saturated heterocycles. The average molecular weight is 528 g/mol. The number of hydrogen-bond acceptors (Lipinski definition) is 7. The van der Waals surface area contributed by atoms with Crippen molar-refractivity contribution in [3.8, 4) is 11.5 Å². The molecule has 0 bridgehead atoms. The Kier molecular flexibility index (Phi) is 6.97. The molecule has 1 aliphatic rings. The van der Waals surface area contributed by atoms with Gasteiger partial charge in [-0.1, -0.05) is 41.6 Å². The molecule has 0 spiro atoms. The molecule has 1 aliphatic heterocycles. The molecule has 0 fully saturated rings. The molecule has 0 saturated carbocycles. The molecular weight excluding hydrogens is 505 g/mol. The fourth-order valence-electron chi connectivity index (χ4n) is 3.96. The minimum Gasteiger partial charge on any atom is -0.486 e. The van der Waals surface area contributed by atoms with Crippen molar-refractivity contribution in [1.29, 1.82) is 0 Å². The molecule has 8 nitrogen and oxygen atoms in total. The fraction of sp³-hybridized carbons (Fsp3) is 0.280. The number of amides is 1. The van der Waals surface area contributed by atoms with E-state index in [1.807, 2.05) is 38.1 Å². The van der Waals surface area contributed by atoms with Crippen molar-refractivity contribution >= 4 is 35.0 Å². The summed E-state index contributed by atoms with van der Waals surface area (Å²) in [6.07, 6.45) is 0.0206. The number of aromatic nitrogens is 4. The van der Waals surface area contributed by atoms with Gasteiger partial charge < -0.3 is 14.8 Å².